The van der Waals surface area contributed by atoms with Crippen molar-refractivity contribution in [3.63, 3.8) is 0 Å². The van der Waals surface area contributed by atoms with Gasteiger partial charge in [0, 0.05) is 11.6 Å². The molecule has 0 aliphatic rings. The zero-order chi connectivity index (χ0) is 22.9. The molecule has 4 nitrogen and oxygen atoms in total. The topological polar surface area (TPSA) is 59.4 Å². The highest BCUT2D eigenvalue weighted by Crippen LogP contribution is 2.35. The van der Waals surface area contributed by atoms with Crippen LogP contribution in [0.1, 0.15) is 30.5 Å². The molecule has 0 aliphatic carbocycles. The number of para-hydroxylation sites is 1. The lowest BCUT2D eigenvalue weighted by molar-refractivity contribution is -0.142. The van der Waals surface area contributed by atoms with Crippen molar-refractivity contribution in [2.45, 2.75) is 32.8 Å². The summed E-state index contributed by atoms with van der Waals surface area (Å²) in [5.41, 5.74) is 4.77. The number of aromatic nitrogens is 1. The van der Waals surface area contributed by atoms with Gasteiger partial charge in [0.2, 0.25) is 0 Å². The molecule has 0 atom stereocenters. The monoisotopic (exact) mass is 445 g/mol. The van der Waals surface area contributed by atoms with E-state index in [9.17, 15) is 9.90 Å². The zero-order valence-electron chi connectivity index (χ0n) is 18.2. The van der Waals surface area contributed by atoms with Gasteiger partial charge in [0.1, 0.15) is 12.4 Å². The molecule has 0 amide bonds. The predicted octanol–water partition coefficient (Wildman–Crippen LogP) is 6.80. The first-order valence-electron chi connectivity index (χ1n) is 10.4. The number of hydrogen-bond donors (Lipinski definition) is 1. The number of rotatable bonds is 6. The molecule has 0 saturated carbocycles. The van der Waals surface area contributed by atoms with Crippen molar-refractivity contribution in [2.75, 3.05) is 0 Å². The van der Waals surface area contributed by atoms with Gasteiger partial charge in [-0.05, 0) is 66.8 Å². The van der Waals surface area contributed by atoms with Crippen LogP contribution in [0.3, 0.4) is 0 Å². The zero-order valence-corrected chi connectivity index (χ0v) is 19.0. The van der Waals surface area contributed by atoms with Gasteiger partial charge in [-0.25, -0.2) is 0 Å². The molecule has 0 radical (unpaired) electrons. The van der Waals surface area contributed by atoms with E-state index in [0.717, 1.165) is 44.5 Å². The summed E-state index contributed by atoms with van der Waals surface area (Å²) in [7, 11) is 0. The fourth-order valence-electron chi connectivity index (χ4n) is 3.72. The van der Waals surface area contributed by atoms with Crippen LogP contribution in [-0.4, -0.2) is 16.1 Å². The van der Waals surface area contributed by atoms with Gasteiger partial charge in [-0.2, -0.15) is 0 Å². The number of ether oxygens (including phenoxy) is 1. The lowest BCUT2D eigenvalue weighted by atomic mass is 9.84. The van der Waals surface area contributed by atoms with E-state index in [1.807, 2.05) is 73.8 Å². The summed E-state index contributed by atoms with van der Waals surface area (Å²) in [6, 6.07) is 21.3. The molecule has 162 valence electrons. The number of aryl methyl sites for hydroxylation is 1. The third kappa shape index (κ3) is 4.19. The standard InChI is InChI=1S/C27H24ClNO3/c1-17-15-29-25-22(8-5-9-23(25)28)24(17)19-6-4-7-21(14-19)32-16-18-10-12-20(13-11-18)27(2,3)26(30)31/h4-15H,16H2,1-3H3,(H,30,31). The number of carboxylic acids is 1. The number of aliphatic carboxylic acids is 1. The third-order valence-electron chi connectivity index (χ3n) is 5.78. The summed E-state index contributed by atoms with van der Waals surface area (Å²) in [5.74, 6) is -0.0950. The average Bonchev–Trinajstić information content (AvgIpc) is 2.78. The Morgan fingerprint density at radius 1 is 1.06 bits per heavy atom. The molecule has 0 fully saturated rings. The van der Waals surface area contributed by atoms with Gasteiger partial charge in [0.05, 0.1) is 16.0 Å². The molecule has 0 bridgehead atoms. The first-order valence-corrected chi connectivity index (χ1v) is 10.7. The van der Waals surface area contributed by atoms with Crippen molar-refractivity contribution >= 4 is 28.5 Å². The highest BCUT2D eigenvalue weighted by molar-refractivity contribution is 6.35. The van der Waals surface area contributed by atoms with Gasteiger partial charge in [0.15, 0.2) is 0 Å². The maximum Gasteiger partial charge on any atom is 0.313 e. The van der Waals surface area contributed by atoms with Crippen molar-refractivity contribution in [1.29, 1.82) is 0 Å². The molecule has 32 heavy (non-hydrogen) atoms. The van der Waals surface area contributed by atoms with Crippen LogP contribution in [0.15, 0.2) is 72.9 Å². The quantitative estimate of drug-likeness (QED) is 0.354. The minimum atomic E-state index is -0.929. The Balaban J connectivity index is 1.58. The van der Waals surface area contributed by atoms with Crippen molar-refractivity contribution < 1.29 is 14.6 Å². The van der Waals surface area contributed by atoms with Crippen LogP contribution in [0, 0.1) is 6.92 Å². The first kappa shape index (κ1) is 21.8. The second-order valence-corrected chi connectivity index (χ2v) is 8.80. The van der Waals surface area contributed by atoms with Crippen LogP contribution in [0.5, 0.6) is 5.75 Å². The maximum absolute atomic E-state index is 11.5. The summed E-state index contributed by atoms with van der Waals surface area (Å²) < 4.78 is 6.04. The second kappa shape index (κ2) is 8.64. The predicted molar refractivity (Wildman–Crippen MR) is 128 cm³/mol. The molecule has 0 spiro atoms. The summed E-state index contributed by atoms with van der Waals surface area (Å²) in [5, 5.41) is 11.0. The molecule has 5 heteroatoms. The average molecular weight is 446 g/mol. The second-order valence-electron chi connectivity index (χ2n) is 8.40. The van der Waals surface area contributed by atoms with Crippen LogP contribution in [0.25, 0.3) is 22.0 Å². The van der Waals surface area contributed by atoms with E-state index in [4.69, 9.17) is 16.3 Å². The van der Waals surface area contributed by atoms with Gasteiger partial charge in [-0.3, -0.25) is 9.78 Å². The van der Waals surface area contributed by atoms with Gasteiger partial charge in [-0.1, -0.05) is 60.1 Å². The number of carbonyl (C=O) groups is 1. The normalized spacial score (nSPS) is 11.5. The molecular formula is C27H24ClNO3. The molecule has 0 aliphatic heterocycles. The largest absolute Gasteiger partial charge is 0.489 e. The van der Waals surface area contributed by atoms with E-state index in [1.165, 1.54) is 0 Å². The van der Waals surface area contributed by atoms with Gasteiger partial charge in [0.25, 0.3) is 0 Å². The molecule has 0 unspecified atom stereocenters. The van der Waals surface area contributed by atoms with Crippen molar-refractivity contribution in [1.82, 2.24) is 4.98 Å². The minimum absolute atomic E-state index is 0.388. The Bertz CT molecular complexity index is 1300. The van der Waals surface area contributed by atoms with Crippen molar-refractivity contribution in [2.24, 2.45) is 0 Å². The number of halogens is 1. The third-order valence-corrected chi connectivity index (χ3v) is 6.08. The van der Waals surface area contributed by atoms with Crippen molar-refractivity contribution in [3.05, 3.63) is 94.6 Å². The Kier molecular flexibility index (Phi) is 5.90. The van der Waals surface area contributed by atoms with Crippen LogP contribution in [0.2, 0.25) is 5.02 Å². The van der Waals surface area contributed by atoms with Crippen LogP contribution < -0.4 is 4.74 Å². The lowest BCUT2D eigenvalue weighted by Gasteiger charge is -2.20. The van der Waals surface area contributed by atoms with Crippen LogP contribution in [0.4, 0.5) is 0 Å². The van der Waals surface area contributed by atoms with Crippen molar-refractivity contribution in [3.8, 4) is 16.9 Å². The number of benzene rings is 3. The number of hydrogen-bond acceptors (Lipinski definition) is 3. The van der Waals surface area contributed by atoms with E-state index in [-0.39, 0.29) is 0 Å². The Morgan fingerprint density at radius 3 is 2.50 bits per heavy atom. The first-order chi connectivity index (χ1) is 15.3. The summed E-state index contributed by atoms with van der Waals surface area (Å²) in [6.07, 6.45) is 1.84. The molecule has 4 rings (SSSR count). The van der Waals surface area contributed by atoms with Gasteiger partial charge in [-0.15, -0.1) is 0 Å². The number of fused-ring (bicyclic) bond motifs is 1. The van der Waals surface area contributed by atoms with Crippen LogP contribution in [-0.2, 0) is 16.8 Å². The smallest absolute Gasteiger partial charge is 0.313 e. The minimum Gasteiger partial charge on any atom is -0.489 e. The highest BCUT2D eigenvalue weighted by atomic mass is 35.5. The molecule has 3 aromatic carbocycles. The molecule has 1 N–H and O–H groups in total. The van der Waals surface area contributed by atoms with E-state index in [0.29, 0.717) is 11.6 Å². The summed E-state index contributed by atoms with van der Waals surface area (Å²) in [4.78, 5) is 16.0. The van der Waals surface area contributed by atoms with E-state index >= 15 is 0 Å². The molecular weight excluding hydrogens is 422 g/mol. The number of carboxylic acid groups (broad SMARTS) is 1. The maximum atomic E-state index is 11.5. The van der Waals surface area contributed by atoms with E-state index in [2.05, 4.69) is 11.1 Å². The summed E-state index contributed by atoms with van der Waals surface area (Å²) >= 11 is 6.35. The number of nitrogens with zero attached hydrogens (tertiary/aromatic N) is 1. The Morgan fingerprint density at radius 2 is 1.78 bits per heavy atom. The summed E-state index contributed by atoms with van der Waals surface area (Å²) in [6.45, 7) is 5.82. The fraction of sp³-hybridized carbons (Fsp3) is 0.185. The molecule has 0 saturated heterocycles. The fourth-order valence-corrected chi connectivity index (χ4v) is 3.94. The molecule has 1 heterocycles. The Hall–Kier alpha value is -3.37. The molecule has 1 aromatic heterocycles. The van der Waals surface area contributed by atoms with Gasteiger partial charge >= 0.3 is 5.97 Å². The lowest BCUT2D eigenvalue weighted by Crippen LogP contribution is -2.28. The SMILES string of the molecule is Cc1cnc2c(Cl)cccc2c1-c1cccc(OCc2ccc(C(C)(C)C(=O)O)cc2)c1. The Labute approximate surface area is 192 Å². The van der Waals surface area contributed by atoms with Gasteiger partial charge < -0.3 is 9.84 Å². The van der Waals surface area contributed by atoms with E-state index < -0.39 is 11.4 Å². The van der Waals surface area contributed by atoms with E-state index in [1.54, 1.807) is 13.8 Å². The molecule has 4 aromatic rings. The highest BCUT2D eigenvalue weighted by Gasteiger charge is 2.29. The van der Waals surface area contributed by atoms with Crippen LogP contribution >= 0.6 is 11.6 Å². The number of pyridine rings is 1.